The van der Waals surface area contributed by atoms with Crippen LogP contribution in [0.5, 0.6) is 0 Å². The molecule has 2 aromatic heterocycles. The van der Waals surface area contributed by atoms with Crippen molar-refractivity contribution < 1.29 is 9.21 Å². The Kier molecular flexibility index (Phi) is 4.04. The largest absolute Gasteiger partial charge is 0.466 e. The molecule has 1 amide bonds. The van der Waals surface area contributed by atoms with Gasteiger partial charge in [0.25, 0.3) is 0 Å². The van der Waals surface area contributed by atoms with Crippen molar-refractivity contribution in [1.82, 2.24) is 20.5 Å². The second-order valence-corrected chi connectivity index (χ2v) is 5.48. The number of amides is 1. The van der Waals surface area contributed by atoms with Crippen LogP contribution in [-0.4, -0.2) is 33.7 Å². The van der Waals surface area contributed by atoms with Crippen LogP contribution in [-0.2, 0) is 4.79 Å². The van der Waals surface area contributed by atoms with Crippen LogP contribution in [0.3, 0.4) is 0 Å². The summed E-state index contributed by atoms with van der Waals surface area (Å²) in [5.74, 6) is 1.96. The van der Waals surface area contributed by atoms with Gasteiger partial charge in [-0.2, -0.15) is 5.10 Å². The summed E-state index contributed by atoms with van der Waals surface area (Å²) in [7, 11) is 0. The highest BCUT2D eigenvalue weighted by atomic mass is 16.3. The number of hydrogen-bond donors (Lipinski definition) is 2. The van der Waals surface area contributed by atoms with Gasteiger partial charge in [-0.1, -0.05) is 0 Å². The van der Waals surface area contributed by atoms with Crippen molar-refractivity contribution >= 4 is 11.9 Å². The van der Waals surface area contributed by atoms with Crippen molar-refractivity contribution in [2.45, 2.75) is 39.2 Å². The Hall–Kier alpha value is -2.44. The highest BCUT2D eigenvalue weighted by Gasteiger charge is 2.21. The van der Waals surface area contributed by atoms with E-state index in [0.717, 1.165) is 42.9 Å². The molecule has 0 saturated carbocycles. The maximum atomic E-state index is 12.0. The van der Waals surface area contributed by atoms with E-state index < -0.39 is 0 Å². The Balaban J connectivity index is 1.82. The maximum Gasteiger partial charge on any atom is 0.243 e. The first kappa shape index (κ1) is 14.5. The number of aryl methyl sites for hydroxylation is 2. The van der Waals surface area contributed by atoms with Gasteiger partial charge >= 0.3 is 0 Å². The molecule has 1 aliphatic rings. The summed E-state index contributed by atoms with van der Waals surface area (Å²) in [6.07, 6.45) is 4.35. The third kappa shape index (κ3) is 3.08. The first-order valence-electron chi connectivity index (χ1n) is 7.45. The quantitative estimate of drug-likeness (QED) is 0.898. The lowest BCUT2D eigenvalue weighted by atomic mass is 10.1. The first-order valence-corrected chi connectivity index (χ1v) is 7.45. The molecule has 3 rings (SSSR count). The van der Waals surface area contributed by atoms with Crippen LogP contribution in [0.15, 0.2) is 16.7 Å². The summed E-state index contributed by atoms with van der Waals surface area (Å²) < 4.78 is 5.52. The van der Waals surface area contributed by atoms with E-state index in [1.165, 1.54) is 0 Å². The molecule has 0 radical (unpaired) electrons. The Morgan fingerprint density at radius 1 is 1.36 bits per heavy atom. The van der Waals surface area contributed by atoms with E-state index in [-0.39, 0.29) is 11.9 Å². The van der Waals surface area contributed by atoms with E-state index in [4.69, 9.17) is 4.42 Å². The van der Waals surface area contributed by atoms with E-state index >= 15 is 0 Å². The van der Waals surface area contributed by atoms with Crippen molar-refractivity contribution in [2.75, 3.05) is 11.9 Å². The van der Waals surface area contributed by atoms with Crippen molar-refractivity contribution in [3.8, 4) is 11.3 Å². The minimum atomic E-state index is -0.313. The Labute approximate surface area is 128 Å². The fourth-order valence-corrected chi connectivity index (χ4v) is 2.61. The minimum absolute atomic E-state index is 0.0122. The molecule has 0 bridgehead atoms. The summed E-state index contributed by atoms with van der Waals surface area (Å²) in [5, 5.41) is 13.9. The summed E-state index contributed by atoms with van der Waals surface area (Å²) >= 11 is 0. The lowest BCUT2D eigenvalue weighted by molar-refractivity contribution is -0.121. The second kappa shape index (κ2) is 6.13. The molecule has 2 N–H and O–H groups in total. The normalized spacial score (nSPS) is 18.6. The monoisotopic (exact) mass is 301 g/mol. The predicted molar refractivity (Wildman–Crippen MR) is 81.3 cm³/mol. The van der Waals surface area contributed by atoms with E-state index in [1.54, 1.807) is 6.20 Å². The topological polar surface area (TPSA) is 92.9 Å². The van der Waals surface area contributed by atoms with Gasteiger partial charge in [-0.25, -0.2) is 4.98 Å². The zero-order chi connectivity index (χ0) is 15.5. The van der Waals surface area contributed by atoms with Gasteiger partial charge in [-0.05, 0) is 39.2 Å². The summed E-state index contributed by atoms with van der Waals surface area (Å²) in [5.41, 5.74) is 1.57. The predicted octanol–water partition coefficient (Wildman–Crippen LogP) is 1.83. The third-order valence-corrected chi connectivity index (χ3v) is 3.71. The zero-order valence-corrected chi connectivity index (χ0v) is 12.7. The first-order chi connectivity index (χ1) is 10.6. The van der Waals surface area contributed by atoms with Crippen molar-refractivity contribution in [1.29, 1.82) is 0 Å². The number of hydrogen-bond acceptors (Lipinski definition) is 6. The second-order valence-electron chi connectivity index (χ2n) is 5.48. The van der Waals surface area contributed by atoms with Crippen LogP contribution in [0, 0.1) is 13.8 Å². The van der Waals surface area contributed by atoms with Crippen LogP contribution in [0.1, 0.15) is 30.8 Å². The minimum Gasteiger partial charge on any atom is -0.466 e. The molecule has 22 heavy (non-hydrogen) atoms. The molecular weight excluding hydrogens is 282 g/mol. The molecule has 116 valence electrons. The molecule has 1 aliphatic heterocycles. The molecule has 7 nitrogen and oxygen atoms in total. The number of carbonyl (C=O) groups excluding carboxylic acids is 1. The summed E-state index contributed by atoms with van der Waals surface area (Å²) in [6, 6.07) is 1.60. The van der Waals surface area contributed by atoms with Gasteiger partial charge in [0.2, 0.25) is 11.9 Å². The number of rotatable bonds is 3. The summed E-state index contributed by atoms with van der Waals surface area (Å²) in [4.78, 5) is 16.4. The molecule has 1 saturated heterocycles. The Bertz CT molecular complexity index is 682. The Morgan fingerprint density at radius 3 is 3.00 bits per heavy atom. The molecule has 1 atom stereocenters. The number of aromatic nitrogens is 3. The van der Waals surface area contributed by atoms with Crippen LogP contribution in [0.25, 0.3) is 11.3 Å². The lowest BCUT2D eigenvalue weighted by Gasteiger charge is -2.14. The molecule has 0 aromatic carbocycles. The van der Waals surface area contributed by atoms with E-state index in [1.807, 2.05) is 19.9 Å². The lowest BCUT2D eigenvalue weighted by Crippen LogP contribution is -2.38. The van der Waals surface area contributed by atoms with Crippen molar-refractivity contribution in [2.24, 2.45) is 0 Å². The number of carbonyl (C=O) groups is 1. The smallest absolute Gasteiger partial charge is 0.243 e. The molecular formula is C15H19N5O2. The molecule has 2 aromatic rings. The van der Waals surface area contributed by atoms with Gasteiger partial charge in [-0.15, -0.1) is 5.10 Å². The number of nitrogens with one attached hydrogen (secondary N) is 2. The molecule has 3 heterocycles. The standard InChI is InChI=1S/C15H19N5O2/c1-9-7-11(10(2)22-9)13-8-17-20-15(19-13)18-12-5-3-4-6-16-14(12)21/h7-8,12H,3-6H2,1-2H3,(H,16,21)(H,18,19,20)/t12-/m0/s1. The van der Waals surface area contributed by atoms with E-state index in [9.17, 15) is 4.79 Å². The van der Waals surface area contributed by atoms with Crippen LogP contribution >= 0.6 is 0 Å². The average Bonchev–Trinajstić information content (AvgIpc) is 2.71. The van der Waals surface area contributed by atoms with Crippen LogP contribution in [0.4, 0.5) is 5.95 Å². The molecule has 1 fully saturated rings. The number of nitrogens with zero attached hydrogens (tertiary/aromatic N) is 3. The molecule has 0 aliphatic carbocycles. The third-order valence-electron chi connectivity index (χ3n) is 3.71. The highest BCUT2D eigenvalue weighted by molar-refractivity contribution is 5.84. The van der Waals surface area contributed by atoms with Gasteiger partial charge in [0.1, 0.15) is 17.6 Å². The average molecular weight is 301 g/mol. The zero-order valence-electron chi connectivity index (χ0n) is 12.7. The van der Waals surface area contributed by atoms with Crippen LogP contribution < -0.4 is 10.6 Å². The van der Waals surface area contributed by atoms with E-state index in [2.05, 4.69) is 25.8 Å². The van der Waals surface area contributed by atoms with Gasteiger partial charge in [0, 0.05) is 12.1 Å². The number of anilines is 1. The highest BCUT2D eigenvalue weighted by Crippen LogP contribution is 2.24. The number of furan rings is 1. The van der Waals surface area contributed by atoms with Gasteiger partial charge < -0.3 is 15.1 Å². The fourth-order valence-electron chi connectivity index (χ4n) is 2.61. The maximum absolute atomic E-state index is 12.0. The van der Waals surface area contributed by atoms with E-state index in [0.29, 0.717) is 11.6 Å². The molecule has 0 unspecified atom stereocenters. The molecule has 7 heteroatoms. The van der Waals surface area contributed by atoms with Crippen molar-refractivity contribution in [3.05, 3.63) is 23.8 Å². The summed E-state index contributed by atoms with van der Waals surface area (Å²) in [6.45, 7) is 4.50. The fraction of sp³-hybridized carbons (Fsp3) is 0.467. The SMILES string of the molecule is Cc1cc(-c2cnnc(N[C@H]3CCCCNC3=O)n2)c(C)o1. The van der Waals surface area contributed by atoms with Crippen molar-refractivity contribution in [3.63, 3.8) is 0 Å². The van der Waals surface area contributed by atoms with Crippen LogP contribution in [0.2, 0.25) is 0 Å². The Morgan fingerprint density at radius 2 is 2.23 bits per heavy atom. The van der Waals surface area contributed by atoms with Gasteiger partial charge in [0.05, 0.1) is 11.9 Å². The molecule has 0 spiro atoms. The van der Waals surface area contributed by atoms with Gasteiger partial charge in [0.15, 0.2) is 0 Å². The van der Waals surface area contributed by atoms with Gasteiger partial charge in [-0.3, -0.25) is 4.79 Å².